The molecule has 0 spiro atoms. The van der Waals surface area contributed by atoms with E-state index in [-0.39, 0.29) is 5.91 Å². The highest BCUT2D eigenvalue weighted by molar-refractivity contribution is 5.99. The number of nitrogens with two attached hydrogens (primary N) is 1. The largest absolute Gasteiger partial charge is 0.324 e. The number of nitrogens with one attached hydrogen (secondary N) is 1. The fourth-order valence-electron chi connectivity index (χ4n) is 2.38. The van der Waals surface area contributed by atoms with Gasteiger partial charge < -0.3 is 11.1 Å². The number of hydrogen-bond donors (Lipinski definition) is 2. The van der Waals surface area contributed by atoms with E-state index >= 15 is 0 Å². The van der Waals surface area contributed by atoms with Crippen LogP contribution in [0.5, 0.6) is 0 Å². The molecule has 1 aliphatic carbocycles. The molecule has 104 valence electrons. The highest BCUT2D eigenvalue weighted by Crippen LogP contribution is 2.30. The summed E-state index contributed by atoms with van der Waals surface area (Å²) in [4.78, 5) is 12.2. The van der Waals surface area contributed by atoms with Crippen LogP contribution in [0.2, 0.25) is 0 Å². The van der Waals surface area contributed by atoms with Gasteiger partial charge in [0.25, 0.3) is 0 Å². The van der Waals surface area contributed by atoms with Gasteiger partial charge in [0.05, 0.1) is 12.1 Å². The molecule has 1 fully saturated rings. The molecule has 0 bridgehead atoms. The van der Waals surface area contributed by atoms with Gasteiger partial charge in [0.1, 0.15) is 0 Å². The van der Waals surface area contributed by atoms with E-state index in [2.05, 4.69) is 10.4 Å². The first-order chi connectivity index (χ1) is 9.67. The Morgan fingerprint density at radius 1 is 1.35 bits per heavy atom. The first-order valence-electron chi connectivity index (χ1n) is 6.83. The summed E-state index contributed by atoms with van der Waals surface area (Å²) in [5.41, 5.74) is 7.20. The van der Waals surface area contributed by atoms with Gasteiger partial charge in [-0.05, 0) is 37.0 Å². The highest BCUT2D eigenvalue weighted by Gasteiger charge is 2.40. The summed E-state index contributed by atoms with van der Waals surface area (Å²) in [6.07, 6.45) is 6.19. The van der Waals surface area contributed by atoms with Crippen molar-refractivity contribution in [2.75, 3.05) is 5.32 Å². The minimum absolute atomic E-state index is 0.0864. The van der Waals surface area contributed by atoms with Crippen molar-refractivity contribution in [3.8, 4) is 0 Å². The van der Waals surface area contributed by atoms with Crippen molar-refractivity contribution >= 4 is 11.6 Å². The smallest absolute Gasteiger partial charge is 0.244 e. The molecular weight excluding hydrogens is 252 g/mol. The van der Waals surface area contributed by atoms with E-state index in [1.165, 1.54) is 0 Å². The number of benzene rings is 1. The monoisotopic (exact) mass is 270 g/mol. The normalized spacial score (nSPS) is 16.4. The molecule has 0 radical (unpaired) electrons. The Hall–Kier alpha value is -2.14. The Morgan fingerprint density at radius 3 is 2.80 bits per heavy atom. The van der Waals surface area contributed by atoms with Crippen LogP contribution in [0.15, 0.2) is 42.7 Å². The molecule has 1 heterocycles. The molecule has 20 heavy (non-hydrogen) atoms. The van der Waals surface area contributed by atoms with Crippen molar-refractivity contribution < 1.29 is 4.79 Å². The Kier molecular flexibility index (Phi) is 3.28. The maximum Gasteiger partial charge on any atom is 0.244 e. The zero-order valence-electron chi connectivity index (χ0n) is 11.2. The summed E-state index contributed by atoms with van der Waals surface area (Å²) in [5.74, 6) is -0.0864. The number of anilines is 1. The van der Waals surface area contributed by atoms with E-state index in [0.29, 0.717) is 6.54 Å². The molecule has 3 N–H and O–H groups in total. The second-order valence-corrected chi connectivity index (χ2v) is 5.32. The van der Waals surface area contributed by atoms with Crippen LogP contribution in [0.4, 0.5) is 5.69 Å². The molecule has 1 aromatic heterocycles. The van der Waals surface area contributed by atoms with Crippen LogP contribution in [0.1, 0.15) is 24.8 Å². The minimum atomic E-state index is -0.682. The van der Waals surface area contributed by atoms with Crippen LogP contribution in [0.25, 0.3) is 0 Å². The lowest BCUT2D eigenvalue weighted by molar-refractivity contribution is -0.123. The van der Waals surface area contributed by atoms with Crippen LogP contribution in [0, 0.1) is 0 Å². The molecule has 0 aliphatic heterocycles. The fourth-order valence-corrected chi connectivity index (χ4v) is 2.38. The van der Waals surface area contributed by atoms with Gasteiger partial charge >= 0.3 is 0 Å². The Bertz CT molecular complexity index is 602. The molecule has 5 nitrogen and oxygen atoms in total. The Labute approximate surface area is 117 Å². The molecule has 0 saturated heterocycles. The lowest BCUT2D eigenvalue weighted by Crippen LogP contribution is -2.56. The van der Waals surface area contributed by atoms with Gasteiger partial charge in [0, 0.05) is 18.1 Å². The van der Waals surface area contributed by atoms with Crippen LogP contribution in [-0.4, -0.2) is 21.2 Å². The van der Waals surface area contributed by atoms with E-state index in [1.54, 1.807) is 6.20 Å². The molecule has 3 rings (SSSR count). The van der Waals surface area contributed by atoms with Crippen molar-refractivity contribution in [3.05, 3.63) is 48.3 Å². The molecule has 1 aliphatic rings. The van der Waals surface area contributed by atoms with E-state index in [1.807, 2.05) is 41.2 Å². The third kappa shape index (κ3) is 2.44. The molecular formula is C15H18N4O. The van der Waals surface area contributed by atoms with Gasteiger partial charge in [0.2, 0.25) is 5.91 Å². The average Bonchev–Trinajstić information content (AvgIpc) is 2.91. The Morgan fingerprint density at radius 2 is 2.15 bits per heavy atom. The molecule has 5 heteroatoms. The maximum absolute atomic E-state index is 12.2. The number of nitrogens with zero attached hydrogens (tertiary/aromatic N) is 2. The number of hydrogen-bond acceptors (Lipinski definition) is 3. The standard InChI is InChI=1S/C15H18N4O/c16-15(7-3-8-15)14(20)18-13-6-2-1-5-12(13)11-19-10-4-9-17-19/h1-2,4-6,9-10H,3,7-8,11,16H2,(H,18,20). The summed E-state index contributed by atoms with van der Waals surface area (Å²) >= 11 is 0. The molecule has 1 amide bonds. The van der Waals surface area contributed by atoms with Gasteiger partial charge in [-0.15, -0.1) is 0 Å². The topological polar surface area (TPSA) is 72.9 Å². The van der Waals surface area contributed by atoms with Crippen LogP contribution >= 0.6 is 0 Å². The number of rotatable bonds is 4. The summed E-state index contributed by atoms with van der Waals surface area (Å²) in [6, 6.07) is 9.63. The predicted octanol–water partition coefficient (Wildman–Crippen LogP) is 1.75. The number of para-hydroxylation sites is 1. The Balaban J connectivity index is 1.77. The van der Waals surface area contributed by atoms with Gasteiger partial charge in [-0.1, -0.05) is 18.2 Å². The van der Waals surface area contributed by atoms with Crippen molar-refractivity contribution in [1.29, 1.82) is 0 Å². The summed E-state index contributed by atoms with van der Waals surface area (Å²) in [7, 11) is 0. The highest BCUT2D eigenvalue weighted by atomic mass is 16.2. The van der Waals surface area contributed by atoms with Gasteiger partial charge in [-0.3, -0.25) is 9.48 Å². The van der Waals surface area contributed by atoms with E-state index in [9.17, 15) is 4.79 Å². The van der Waals surface area contributed by atoms with E-state index in [0.717, 1.165) is 30.5 Å². The zero-order valence-corrected chi connectivity index (χ0v) is 11.2. The molecule has 1 aromatic carbocycles. The lowest BCUT2D eigenvalue weighted by atomic mass is 9.77. The van der Waals surface area contributed by atoms with Crippen molar-refractivity contribution in [2.24, 2.45) is 5.73 Å². The second-order valence-electron chi connectivity index (χ2n) is 5.32. The van der Waals surface area contributed by atoms with Gasteiger partial charge in [-0.25, -0.2) is 0 Å². The lowest BCUT2D eigenvalue weighted by Gasteiger charge is -2.36. The minimum Gasteiger partial charge on any atom is -0.324 e. The number of carbonyl (C=O) groups excluding carboxylic acids is 1. The second kappa shape index (κ2) is 5.09. The van der Waals surface area contributed by atoms with E-state index in [4.69, 9.17) is 5.73 Å². The van der Waals surface area contributed by atoms with Crippen molar-refractivity contribution in [3.63, 3.8) is 0 Å². The van der Waals surface area contributed by atoms with Crippen LogP contribution < -0.4 is 11.1 Å². The molecule has 1 saturated carbocycles. The van der Waals surface area contributed by atoms with Crippen LogP contribution in [-0.2, 0) is 11.3 Å². The number of aromatic nitrogens is 2. The molecule has 0 atom stereocenters. The van der Waals surface area contributed by atoms with Gasteiger partial charge in [-0.2, -0.15) is 5.10 Å². The average molecular weight is 270 g/mol. The third-order valence-electron chi connectivity index (χ3n) is 3.86. The van der Waals surface area contributed by atoms with Crippen molar-refractivity contribution in [2.45, 2.75) is 31.3 Å². The number of amides is 1. The molecule has 2 aromatic rings. The van der Waals surface area contributed by atoms with Crippen LogP contribution in [0.3, 0.4) is 0 Å². The SMILES string of the molecule is NC1(C(=O)Nc2ccccc2Cn2cccn2)CCC1. The summed E-state index contributed by atoms with van der Waals surface area (Å²) < 4.78 is 1.83. The summed E-state index contributed by atoms with van der Waals surface area (Å²) in [5, 5.41) is 7.15. The molecule has 0 unspecified atom stereocenters. The predicted molar refractivity (Wildman–Crippen MR) is 77.2 cm³/mol. The van der Waals surface area contributed by atoms with Crippen molar-refractivity contribution in [1.82, 2.24) is 9.78 Å². The summed E-state index contributed by atoms with van der Waals surface area (Å²) in [6.45, 7) is 0.626. The maximum atomic E-state index is 12.2. The van der Waals surface area contributed by atoms with E-state index < -0.39 is 5.54 Å². The first-order valence-corrected chi connectivity index (χ1v) is 6.83. The quantitative estimate of drug-likeness (QED) is 0.889. The van der Waals surface area contributed by atoms with Gasteiger partial charge in [0.15, 0.2) is 0 Å². The zero-order chi connectivity index (χ0) is 14.0. The number of carbonyl (C=O) groups is 1. The fraction of sp³-hybridized carbons (Fsp3) is 0.333. The first kappa shape index (κ1) is 12.9. The third-order valence-corrected chi connectivity index (χ3v) is 3.86.